The van der Waals surface area contributed by atoms with E-state index in [0.29, 0.717) is 0 Å². The molecule has 0 atom stereocenters. The summed E-state index contributed by atoms with van der Waals surface area (Å²) >= 11 is 0. The SMILES string of the molecule is C=C(F)F.[BiH3]. The van der Waals surface area contributed by atoms with E-state index in [1.54, 1.807) is 0 Å². The standard InChI is InChI=1S/C2H2F2.Bi.3H/c1-2(3)4;;;;/h1H2;;;;. The van der Waals surface area contributed by atoms with Gasteiger partial charge in [0.05, 0.1) is 0 Å². The zero-order valence-electron chi connectivity index (χ0n) is 2.67. The van der Waals surface area contributed by atoms with Gasteiger partial charge in [0, 0.05) is 0 Å². The molecule has 0 aliphatic carbocycles. The molecule has 0 bridgehead atoms. The maximum absolute atomic E-state index is 10.1. The Morgan fingerprint density at radius 3 is 1.40 bits per heavy atom. The van der Waals surface area contributed by atoms with Crippen LogP contribution in [0, 0.1) is 0 Å². The first-order chi connectivity index (χ1) is 1.73. The quantitative estimate of drug-likeness (QED) is 0.555. The number of halogens is 2. The Hall–Kier alpha value is 0.483. The molecule has 0 N–H and O–H groups in total. The molecular weight excluding hydrogens is 271 g/mol. The van der Waals surface area contributed by atoms with Crippen molar-refractivity contribution in [2.75, 3.05) is 0 Å². The second kappa shape index (κ2) is 4.48. The predicted octanol–water partition coefficient (Wildman–Crippen LogP) is 0.213. The molecule has 0 saturated heterocycles. The predicted molar refractivity (Wildman–Crippen MR) is 21.3 cm³/mol. The van der Waals surface area contributed by atoms with Crippen LogP contribution in [-0.4, -0.2) is 26.2 Å². The van der Waals surface area contributed by atoms with Gasteiger partial charge in [0.2, 0.25) is 0 Å². The summed E-state index contributed by atoms with van der Waals surface area (Å²) < 4.78 is 20.3. The molecule has 3 heteroatoms. The topological polar surface area (TPSA) is 0 Å². The van der Waals surface area contributed by atoms with Crippen molar-refractivity contribution in [3.8, 4) is 0 Å². The molecule has 0 heterocycles. The molecule has 0 aromatic carbocycles. The normalized spacial score (nSPS) is 5.20. The van der Waals surface area contributed by atoms with Crippen LogP contribution in [0.4, 0.5) is 8.78 Å². The fourth-order valence-electron chi connectivity index (χ4n) is 0. The van der Waals surface area contributed by atoms with Crippen molar-refractivity contribution in [2.24, 2.45) is 0 Å². The van der Waals surface area contributed by atoms with Gasteiger partial charge in [0.1, 0.15) is 0 Å². The van der Waals surface area contributed by atoms with Crippen molar-refractivity contribution in [1.29, 1.82) is 0 Å². The van der Waals surface area contributed by atoms with Gasteiger partial charge in [-0.15, -0.1) is 0 Å². The summed E-state index contributed by atoms with van der Waals surface area (Å²) in [6, 6.07) is 0. The second-order valence-corrected chi connectivity index (χ2v) is 0.339. The monoisotopic (exact) mass is 276 g/mol. The molecular formula is C2H5BiF2. The van der Waals surface area contributed by atoms with E-state index in [-0.39, 0.29) is 26.2 Å². The fourth-order valence-corrected chi connectivity index (χ4v) is 0. The number of hydrogen-bond donors (Lipinski definition) is 0. The van der Waals surface area contributed by atoms with Gasteiger partial charge >= 0.3 is 26.2 Å². The van der Waals surface area contributed by atoms with Crippen LogP contribution in [0.15, 0.2) is 12.7 Å². The zero-order chi connectivity index (χ0) is 3.58. The molecule has 0 aromatic rings. The van der Waals surface area contributed by atoms with E-state index in [1.807, 2.05) is 0 Å². The van der Waals surface area contributed by atoms with E-state index >= 15 is 0 Å². The molecule has 0 amide bonds. The Labute approximate surface area is 48.0 Å². The van der Waals surface area contributed by atoms with Crippen LogP contribution in [-0.2, 0) is 0 Å². The van der Waals surface area contributed by atoms with Gasteiger partial charge in [-0.05, 0) is 6.58 Å². The third-order valence-corrected chi connectivity index (χ3v) is 0. The van der Waals surface area contributed by atoms with Gasteiger partial charge in [-0.3, -0.25) is 0 Å². The Morgan fingerprint density at radius 2 is 1.40 bits per heavy atom. The van der Waals surface area contributed by atoms with Crippen LogP contribution in [0.5, 0.6) is 0 Å². The van der Waals surface area contributed by atoms with E-state index in [4.69, 9.17) is 0 Å². The van der Waals surface area contributed by atoms with Crippen LogP contribution < -0.4 is 0 Å². The number of hydrogen-bond acceptors (Lipinski definition) is 0. The molecule has 0 nitrogen and oxygen atoms in total. The zero-order valence-corrected chi connectivity index (χ0v) is 8.17. The van der Waals surface area contributed by atoms with Gasteiger partial charge in [-0.1, -0.05) is 0 Å². The van der Waals surface area contributed by atoms with Crippen molar-refractivity contribution >= 4 is 26.2 Å². The third-order valence-electron chi connectivity index (χ3n) is 0. The van der Waals surface area contributed by atoms with Gasteiger partial charge < -0.3 is 0 Å². The second-order valence-electron chi connectivity index (χ2n) is 0.339. The van der Waals surface area contributed by atoms with E-state index < -0.39 is 6.08 Å². The fraction of sp³-hybridized carbons (Fsp3) is 0. The van der Waals surface area contributed by atoms with Crippen LogP contribution in [0.1, 0.15) is 0 Å². The molecule has 0 spiro atoms. The first-order valence-corrected chi connectivity index (χ1v) is 0.732. The molecule has 0 saturated carbocycles. The Kier molecular flexibility index (Phi) is 8.14. The van der Waals surface area contributed by atoms with E-state index in [0.717, 1.165) is 0 Å². The average Bonchev–Trinajstić information content (AvgIpc) is 0.811. The van der Waals surface area contributed by atoms with Crippen molar-refractivity contribution in [3.63, 3.8) is 0 Å². The first-order valence-electron chi connectivity index (χ1n) is 0.732. The van der Waals surface area contributed by atoms with Crippen molar-refractivity contribution in [1.82, 2.24) is 0 Å². The van der Waals surface area contributed by atoms with E-state index in [1.165, 1.54) is 0 Å². The molecule has 0 aliphatic heterocycles. The summed E-state index contributed by atoms with van der Waals surface area (Å²) in [5.74, 6) is 0. The van der Waals surface area contributed by atoms with Gasteiger partial charge in [-0.2, -0.15) is 8.78 Å². The molecule has 0 aromatic heterocycles. The van der Waals surface area contributed by atoms with Crippen LogP contribution in [0.25, 0.3) is 0 Å². The molecule has 0 radical (unpaired) electrons. The minimum atomic E-state index is -1.83. The average molecular weight is 276 g/mol. The first kappa shape index (κ1) is 9.08. The Balaban J connectivity index is 0. The summed E-state index contributed by atoms with van der Waals surface area (Å²) in [6.07, 6.45) is -1.83. The van der Waals surface area contributed by atoms with Crippen LogP contribution in [0.3, 0.4) is 0 Å². The number of rotatable bonds is 0. The maximum atomic E-state index is 10.1. The molecule has 0 rings (SSSR count). The molecule has 0 fully saturated rings. The molecule has 0 aliphatic rings. The van der Waals surface area contributed by atoms with Crippen LogP contribution >= 0.6 is 0 Å². The summed E-state index contributed by atoms with van der Waals surface area (Å²) in [5, 5.41) is 0. The Morgan fingerprint density at radius 1 is 1.40 bits per heavy atom. The molecule has 32 valence electrons. The van der Waals surface area contributed by atoms with E-state index in [2.05, 4.69) is 6.58 Å². The summed E-state index contributed by atoms with van der Waals surface area (Å²) in [4.78, 5) is 0. The summed E-state index contributed by atoms with van der Waals surface area (Å²) in [5.41, 5.74) is 0. The van der Waals surface area contributed by atoms with E-state index in [9.17, 15) is 8.78 Å². The summed E-state index contributed by atoms with van der Waals surface area (Å²) in [6.45, 7) is 2.22. The molecule has 5 heavy (non-hydrogen) atoms. The van der Waals surface area contributed by atoms with Gasteiger partial charge in [0.25, 0.3) is 6.08 Å². The molecule has 0 unspecified atom stereocenters. The van der Waals surface area contributed by atoms with Gasteiger partial charge in [0.15, 0.2) is 0 Å². The van der Waals surface area contributed by atoms with Crippen molar-refractivity contribution in [3.05, 3.63) is 12.7 Å². The van der Waals surface area contributed by atoms with Crippen molar-refractivity contribution in [2.45, 2.75) is 0 Å². The Bertz CT molecular complexity index is 30.6. The third kappa shape index (κ3) is 118. The van der Waals surface area contributed by atoms with Crippen LogP contribution in [0.2, 0.25) is 0 Å². The summed E-state index contributed by atoms with van der Waals surface area (Å²) in [7, 11) is 0. The van der Waals surface area contributed by atoms with Crippen molar-refractivity contribution < 1.29 is 8.78 Å². The minimum absolute atomic E-state index is 0. The van der Waals surface area contributed by atoms with Gasteiger partial charge in [-0.25, -0.2) is 0 Å².